The van der Waals surface area contributed by atoms with Crippen LogP contribution in [-0.2, 0) is 4.74 Å². The number of rotatable bonds is 6. The summed E-state index contributed by atoms with van der Waals surface area (Å²) in [6.07, 6.45) is 5.52. The Balaban J connectivity index is 3.62. The van der Waals surface area contributed by atoms with E-state index in [9.17, 15) is 0 Å². The molecule has 0 aliphatic heterocycles. The maximum atomic E-state index is 5.52. The predicted octanol–water partition coefficient (Wildman–Crippen LogP) is 3.16. The topological polar surface area (TPSA) is 9.23 Å². The third-order valence-electron chi connectivity index (χ3n) is 1.46. The van der Waals surface area contributed by atoms with Gasteiger partial charge in [0.05, 0.1) is 13.2 Å². The monoisotopic (exact) mass is 212 g/mol. The number of hydrogen-bond donors (Lipinski definition) is 0. The molecule has 0 spiro atoms. The highest BCUT2D eigenvalue weighted by Crippen LogP contribution is 1.93. The zero-order chi connectivity index (χ0) is 10.6. The van der Waals surface area contributed by atoms with Crippen molar-refractivity contribution in [3.63, 3.8) is 0 Å². The first kappa shape index (κ1) is 13.3. The Morgan fingerprint density at radius 2 is 2.29 bits per heavy atom. The molecule has 0 N–H and O–H groups in total. The average Bonchev–Trinajstić information content (AvgIpc) is 2.19. The summed E-state index contributed by atoms with van der Waals surface area (Å²) in [6, 6.07) is 0. The van der Waals surface area contributed by atoms with E-state index in [-0.39, 0.29) is 0 Å². The van der Waals surface area contributed by atoms with Gasteiger partial charge in [-0.15, -0.1) is 18.2 Å². The van der Waals surface area contributed by atoms with Gasteiger partial charge in [-0.2, -0.15) is 0 Å². The van der Waals surface area contributed by atoms with E-state index >= 15 is 0 Å². The lowest BCUT2D eigenvalue weighted by molar-refractivity contribution is 0.194. The third kappa shape index (κ3) is 9.38. The molecule has 0 heterocycles. The van der Waals surface area contributed by atoms with E-state index in [1.165, 1.54) is 0 Å². The molecule has 78 valence electrons. The first-order chi connectivity index (χ1) is 6.81. The Hall–Kier alpha value is -0.710. The minimum atomic E-state index is 0.587. The van der Waals surface area contributed by atoms with Crippen molar-refractivity contribution in [2.24, 2.45) is 0 Å². The maximum absolute atomic E-state index is 5.52. The average molecular weight is 213 g/mol. The number of alkyl halides is 1. The third-order valence-corrected chi connectivity index (χ3v) is 1.73. The summed E-state index contributed by atoms with van der Waals surface area (Å²) in [5.74, 6) is 6.77. The van der Waals surface area contributed by atoms with E-state index in [1.807, 2.05) is 13.0 Å². The molecular formula is C12H17ClO. The molecule has 0 bridgehead atoms. The SMILES string of the molecule is C=CCOC/C=C(/C)C#CCCCCl. The Morgan fingerprint density at radius 1 is 1.50 bits per heavy atom. The Labute approximate surface area is 91.8 Å². The molecule has 0 aromatic carbocycles. The van der Waals surface area contributed by atoms with Gasteiger partial charge in [-0.3, -0.25) is 0 Å². The molecule has 14 heavy (non-hydrogen) atoms. The molecule has 0 rings (SSSR count). The van der Waals surface area contributed by atoms with Crippen molar-refractivity contribution in [2.75, 3.05) is 19.1 Å². The van der Waals surface area contributed by atoms with E-state index in [4.69, 9.17) is 16.3 Å². The van der Waals surface area contributed by atoms with Crippen molar-refractivity contribution in [1.82, 2.24) is 0 Å². The van der Waals surface area contributed by atoms with E-state index in [0.717, 1.165) is 18.4 Å². The molecule has 0 saturated heterocycles. The number of ether oxygens (including phenoxy) is 1. The van der Waals surface area contributed by atoms with Crippen LogP contribution in [0.4, 0.5) is 0 Å². The van der Waals surface area contributed by atoms with Gasteiger partial charge in [-0.05, 0) is 25.0 Å². The molecular weight excluding hydrogens is 196 g/mol. The van der Waals surface area contributed by atoms with Crippen LogP contribution in [-0.4, -0.2) is 19.1 Å². The Bertz CT molecular complexity index is 232. The van der Waals surface area contributed by atoms with Crippen LogP contribution >= 0.6 is 11.6 Å². The largest absolute Gasteiger partial charge is 0.373 e. The number of hydrogen-bond acceptors (Lipinski definition) is 1. The van der Waals surface area contributed by atoms with E-state index in [2.05, 4.69) is 18.4 Å². The zero-order valence-electron chi connectivity index (χ0n) is 8.68. The van der Waals surface area contributed by atoms with Gasteiger partial charge in [0.1, 0.15) is 0 Å². The van der Waals surface area contributed by atoms with Gasteiger partial charge < -0.3 is 4.74 Å². The van der Waals surface area contributed by atoms with Gasteiger partial charge in [-0.1, -0.05) is 17.9 Å². The first-order valence-electron chi connectivity index (χ1n) is 4.71. The van der Waals surface area contributed by atoms with Gasteiger partial charge in [0.15, 0.2) is 0 Å². The highest BCUT2D eigenvalue weighted by atomic mass is 35.5. The molecule has 0 aliphatic carbocycles. The van der Waals surface area contributed by atoms with Crippen LogP contribution < -0.4 is 0 Å². The quantitative estimate of drug-likeness (QED) is 0.285. The van der Waals surface area contributed by atoms with Crippen LogP contribution in [0.3, 0.4) is 0 Å². The molecule has 0 amide bonds. The highest BCUT2D eigenvalue weighted by Gasteiger charge is 1.83. The lowest BCUT2D eigenvalue weighted by Gasteiger charge is -1.94. The molecule has 0 fully saturated rings. The van der Waals surface area contributed by atoms with Gasteiger partial charge in [0.25, 0.3) is 0 Å². The number of allylic oxidation sites excluding steroid dienone is 1. The zero-order valence-corrected chi connectivity index (χ0v) is 9.44. The standard InChI is InChI=1S/C12H17ClO/c1-3-10-14-11-8-12(2)7-5-4-6-9-13/h3,8H,1,4,6,9-11H2,2H3/b12-8-. The molecule has 1 nitrogen and oxygen atoms in total. The second kappa shape index (κ2) is 10.4. The van der Waals surface area contributed by atoms with Crippen molar-refractivity contribution in [3.05, 3.63) is 24.3 Å². The van der Waals surface area contributed by atoms with Gasteiger partial charge >= 0.3 is 0 Å². The highest BCUT2D eigenvalue weighted by molar-refractivity contribution is 6.17. The molecule has 0 aliphatic rings. The smallest absolute Gasteiger partial charge is 0.0663 e. The van der Waals surface area contributed by atoms with Crippen molar-refractivity contribution in [2.45, 2.75) is 19.8 Å². The Morgan fingerprint density at radius 3 is 2.93 bits per heavy atom. The van der Waals surface area contributed by atoms with Crippen molar-refractivity contribution >= 4 is 11.6 Å². The summed E-state index contributed by atoms with van der Waals surface area (Å²) in [7, 11) is 0. The summed E-state index contributed by atoms with van der Waals surface area (Å²) < 4.78 is 5.20. The van der Waals surface area contributed by atoms with Crippen LogP contribution in [0, 0.1) is 11.8 Å². The Kier molecular flexibility index (Phi) is 9.85. The summed E-state index contributed by atoms with van der Waals surface area (Å²) in [4.78, 5) is 0. The lowest BCUT2D eigenvalue weighted by Crippen LogP contribution is -1.90. The van der Waals surface area contributed by atoms with Crippen LogP contribution in [0.5, 0.6) is 0 Å². The first-order valence-corrected chi connectivity index (χ1v) is 5.25. The molecule has 0 aromatic heterocycles. The van der Waals surface area contributed by atoms with Gasteiger partial charge in [0.2, 0.25) is 0 Å². The second-order valence-corrected chi connectivity index (χ2v) is 3.19. The summed E-state index contributed by atoms with van der Waals surface area (Å²) in [5, 5.41) is 0. The van der Waals surface area contributed by atoms with E-state index in [1.54, 1.807) is 6.08 Å². The molecule has 0 atom stereocenters. The van der Waals surface area contributed by atoms with Crippen LogP contribution in [0.25, 0.3) is 0 Å². The number of halogens is 1. The summed E-state index contributed by atoms with van der Waals surface area (Å²) in [6.45, 7) is 6.72. The number of unbranched alkanes of at least 4 members (excludes halogenated alkanes) is 1. The van der Waals surface area contributed by atoms with Crippen LogP contribution in [0.2, 0.25) is 0 Å². The fraction of sp³-hybridized carbons (Fsp3) is 0.500. The maximum Gasteiger partial charge on any atom is 0.0663 e. The van der Waals surface area contributed by atoms with E-state index in [0.29, 0.717) is 19.1 Å². The predicted molar refractivity (Wildman–Crippen MR) is 62.5 cm³/mol. The molecule has 0 saturated carbocycles. The second-order valence-electron chi connectivity index (χ2n) is 2.81. The van der Waals surface area contributed by atoms with Crippen LogP contribution in [0.1, 0.15) is 19.8 Å². The summed E-state index contributed by atoms with van der Waals surface area (Å²) in [5.41, 5.74) is 1.05. The molecule has 0 aromatic rings. The minimum Gasteiger partial charge on any atom is -0.373 e. The normalized spacial score (nSPS) is 10.6. The van der Waals surface area contributed by atoms with Gasteiger partial charge in [-0.25, -0.2) is 0 Å². The molecule has 2 heteroatoms. The molecule has 0 radical (unpaired) electrons. The van der Waals surface area contributed by atoms with Crippen LogP contribution in [0.15, 0.2) is 24.3 Å². The van der Waals surface area contributed by atoms with Crippen molar-refractivity contribution < 1.29 is 4.74 Å². The summed E-state index contributed by atoms with van der Waals surface area (Å²) >= 11 is 5.52. The lowest BCUT2D eigenvalue weighted by atomic mass is 10.2. The van der Waals surface area contributed by atoms with Gasteiger partial charge in [0, 0.05) is 12.3 Å². The molecule has 0 unspecified atom stereocenters. The minimum absolute atomic E-state index is 0.587. The van der Waals surface area contributed by atoms with Crippen molar-refractivity contribution in [3.8, 4) is 11.8 Å². The van der Waals surface area contributed by atoms with Crippen molar-refractivity contribution in [1.29, 1.82) is 0 Å². The fourth-order valence-electron chi connectivity index (χ4n) is 0.743. The van der Waals surface area contributed by atoms with E-state index < -0.39 is 0 Å². The fourth-order valence-corrected chi connectivity index (χ4v) is 0.877.